The third-order valence-corrected chi connectivity index (χ3v) is 5.23. The summed E-state index contributed by atoms with van der Waals surface area (Å²) in [4.78, 5) is 29.6. The van der Waals surface area contributed by atoms with Gasteiger partial charge in [0, 0.05) is 41.7 Å². The van der Waals surface area contributed by atoms with Crippen LogP contribution in [0.2, 0.25) is 0 Å². The lowest BCUT2D eigenvalue weighted by atomic mass is 10.2. The van der Waals surface area contributed by atoms with Crippen LogP contribution in [0.1, 0.15) is 20.7 Å². The van der Waals surface area contributed by atoms with E-state index in [0.29, 0.717) is 34.0 Å². The number of carbonyl (C=O) groups is 2. The normalized spacial score (nSPS) is 10.7. The highest BCUT2D eigenvalue weighted by molar-refractivity contribution is 6.07. The van der Waals surface area contributed by atoms with Gasteiger partial charge in [0.1, 0.15) is 11.4 Å². The number of carbonyl (C=O) groups excluding carboxylic acids is 2. The molecule has 172 valence electrons. The number of hydrogen-bond donors (Lipinski definition) is 2. The first kappa shape index (κ1) is 21.8. The molecule has 2 N–H and O–H groups in total. The van der Waals surface area contributed by atoms with Crippen molar-refractivity contribution in [2.45, 2.75) is 0 Å². The van der Waals surface area contributed by atoms with Gasteiger partial charge in [0.05, 0.1) is 11.9 Å². The third kappa shape index (κ3) is 4.69. The Morgan fingerprint density at radius 2 is 1.46 bits per heavy atom. The molecule has 3 aromatic heterocycles. The molecule has 35 heavy (non-hydrogen) atoms. The van der Waals surface area contributed by atoms with Crippen molar-refractivity contribution in [2.75, 3.05) is 10.6 Å². The second kappa shape index (κ2) is 9.44. The van der Waals surface area contributed by atoms with E-state index in [9.17, 15) is 14.0 Å². The first-order valence-corrected chi connectivity index (χ1v) is 10.7. The van der Waals surface area contributed by atoms with Crippen LogP contribution in [0.5, 0.6) is 0 Å². The van der Waals surface area contributed by atoms with Crippen LogP contribution in [0.25, 0.3) is 11.5 Å². The molecule has 0 bridgehead atoms. The molecule has 9 heteroatoms. The summed E-state index contributed by atoms with van der Waals surface area (Å²) < 4.78 is 16.8. The molecule has 3 heterocycles. The summed E-state index contributed by atoms with van der Waals surface area (Å²) in [6, 6.07) is 19.6. The molecule has 0 unspecified atom stereocenters. The van der Waals surface area contributed by atoms with Crippen molar-refractivity contribution in [2.24, 2.45) is 0 Å². The SMILES string of the molecule is O=C(Nc1cccc(NC(=O)c2cnn(-c3ccc(F)cc3)c2-n2cccc2)c1)c1ccncc1. The number of aromatic nitrogens is 4. The van der Waals surface area contributed by atoms with Crippen LogP contribution >= 0.6 is 0 Å². The number of nitrogens with one attached hydrogen (secondary N) is 2. The molecule has 2 amide bonds. The quantitative estimate of drug-likeness (QED) is 0.379. The fourth-order valence-corrected chi connectivity index (χ4v) is 3.58. The zero-order valence-corrected chi connectivity index (χ0v) is 18.3. The van der Waals surface area contributed by atoms with Crippen LogP contribution in [0.15, 0.2) is 104 Å². The molecule has 5 rings (SSSR count). The van der Waals surface area contributed by atoms with Crippen molar-refractivity contribution >= 4 is 23.2 Å². The summed E-state index contributed by atoms with van der Waals surface area (Å²) in [6.07, 6.45) is 8.13. The zero-order valence-electron chi connectivity index (χ0n) is 18.3. The number of pyridine rings is 1. The summed E-state index contributed by atoms with van der Waals surface area (Å²) in [5.41, 5.74) is 2.42. The van der Waals surface area contributed by atoms with Crippen molar-refractivity contribution in [1.82, 2.24) is 19.3 Å². The van der Waals surface area contributed by atoms with E-state index in [0.717, 1.165) is 0 Å². The van der Waals surface area contributed by atoms with E-state index in [1.54, 1.807) is 82.6 Å². The molecular weight excluding hydrogens is 447 g/mol. The molecule has 0 aliphatic heterocycles. The monoisotopic (exact) mass is 466 g/mol. The highest BCUT2D eigenvalue weighted by Crippen LogP contribution is 2.22. The van der Waals surface area contributed by atoms with E-state index < -0.39 is 0 Å². The summed E-state index contributed by atoms with van der Waals surface area (Å²) in [6.45, 7) is 0. The molecule has 0 aliphatic rings. The fourth-order valence-electron chi connectivity index (χ4n) is 3.58. The molecule has 0 saturated heterocycles. The Hall–Kier alpha value is -5.05. The molecule has 0 spiro atoms. The van der Waals surface area contributed by atoms with Gasteiger partial charge in [-0.25, -0.2) is 9.07 Å². The second-order valence-corrected chi connectivity index (χ2v) is 7.59. The molecule has 8 nitrogen and oxygen atoms in total. The maximum Gasteiger partial charge on any atom is 0.261 e. The molecule has 0 radical (unpaired) electrons. The first-order valence-electron chi connectivity index (χ1n) is 10.7. The Balaban J connectivity index is 1.41. The van der Waals surface area contributed by atoms with Crippen LogP contribution < -0.4 is 10.6 Å². The average Bonchev–Trinajstić information content (AvgIpc) is 3.55. The highest BCUT2D eigenvalue weighted by Gasteiger charge is 2.20. The van der Waals surface area contributed by atoms with Crippen molar-refractivity contribution < 1.29 is 14.0 Å². The standard InChI is InChI=1S/C26H19FN6O2/c27-19-6-8-22(9-7-19)33-26(32-14-1-2-15-32)23(17-29-33)25(35)31-21-5-3-4-20(16-21)30-24(34)18-10-12-28-13-11-18/h1-17H,(H,30,34)(H,31,35). The molecule has 0 atom stereocenters. The zero-order chi connectivity index (χ0) is 24.2. The Kier molecular flexibility index (Phi) is 5.87. The van der Waals surface area contributed by atoms with E-state index in [1.807, 2.05) is 12.1 Å². The Labute approximate surface area is 199 Å². The van der Waals surface area contributed by atoms with E-state index in [-0.39, 0.29) is 17.6 Å². The van der Waals surface area contributed by atoms with Gasteiger partial charge in [0.2, 0.25) is 0 Å². The predicted molar refractivity (Wildman–Crippen MR) is 129 cm³/mol. The minimum absolute atomic E-state index is 0.286. The van der Waals surface area contributed by atoms with Crippen molar-refractivity contribution in [3.05, 3.63) is 121 Å². The maximum absolute atomic E-state index is 13.4. The fraction of sp³-hybridized carbons (Fsp3) is 0. The lowest BCUT2D eigenvalue weighted by molar-refractivity contribution is 0.101. The number of nitrogens with zero attached hydrogens (tertiary/aromatic N) is 4. The number of halogens is 1. The van der Waals surface area contributed by atoms with Gasteiger partial charge in [-0.05, 0) is 66.7 Å². The van der Waals surface area contributed by atoms with E-state index in [4.69, 9.17) is 0 Å². The van der Waals surface area contributed by atoms with Crippen LogP contribution in [0.4, 0.5) is 15.8 Å². The van der Waals surface area contributed by atoms with Gasteiger partial charge in [-0.3, -0.25) is 14.6 Å². The molecule has 0 aliphatic carbocycles. The van der Waals surface area contributed by atoms with Crippen molar-refractivity contribution in [1.29, 1.82) is 0 Å². The number of anilines is 2. The number of hydrogen-bond acceptors (Lipinski definition) is 4. The molecular formula is C26H19FN6O2. The van der Waals surface area contributed by atoms with Crippen LogP contribution in [0.3, 0.4) is 0 Å². The van der Waals surface area contributed by atoms with E-state index in [1.165, 1.54) is 18.3 Å². The highest BCUT2D eigenvalue weighted by atomic mass is 19.1. The number of rotatable bonds is 6. The Bertz CT molecular complexity index is 1480. The van der Waals surface area contributed by atoms with Gasteiger partial charge >= 0.3 is 0 Å². The largest absolute Gasteiger partial charge is 0.322 e. The van der Waals surface area contributed by atoms with E-state index in [2.05, 4.69) is 20.7 Å². The summed E-state index contributed by atoms with van der Waals surface area (Å²) >= 11 is 0. The van der Waals surface area contributed by atoms with Crippen LogP contribution in [0, 0.1) is 5.82 Å². The number of benzene rings is 2. The smallest absolute Gasteiger partial charge is 0.261 e. The summed E-state index contributed by atoms with van der Waals surface area (Å²) in [5, 5.41) is 10.0. The third-order valence-electron chi connectivity index (χ3n) is 5.23. The van der Waals surface area contributed by atoms with Gasteiger partial charge in [-0.1, -0.05) is 6.07 Å². The first-order chi connectivity index (χ1) is 17.1. The van der Waals surface area contributed by atoms with Gasteiger partial charge in [-0.15, -0.1) is 0 Å². The van der Waals surface area contributed by atoms with Gasteiger partial charge in [-0.2, -0.15) is 5.10 Å². The Morgan fingerprint density at radius 1 is 0.800 bits per heavy atom. The van der Waals surface area contributed by atoms with Gasteiger partial charge in [0.15, 0.2) is 5.82 Å². The van der Waals surface area contributed by atoms with Gasteiger partial charge < -0.3 is 15.2 Å². The average molecular weight is 466 g/mol. The second-order valence-electron chi connectivity index (χ2n) is 7.59. The minimum Gasteiger partial charge on any atom is -0.322 e. The predicted octanol–water partition coefficient (Wildman–Crippen LogP) is 4.70. The van der Waals surface area contributed by atoms with Gasteiger partial charge in [0.25, 0.3) is 11.8 Å². The number of amides is 2. The lowest BCUT2D eigenvalue weighted by Crippen LogP contribution is -2.16. The lowest BCUT2D eigenvalue weighted by Gasteiger charge is -2.12. The minimum atomic E-state index is -0.389. The van der Waals surface area contributed by atoms with Crippen molar-refractivity contribution in [3.63, 3.8) is 0 Å². The van der Waals surface area contributed by atoms with Crippen molar-refractivity contribution in [3.8, 4) is 11.5 Å². The maximum atomic E-state index is 13.4. The van der Waals surface area contributed by atoms with E-state index >= 15 is 0 Å². The Morgan fingerprint density at radius 3 is 2.14 bits per heavy atom. The van der Waals surface area contributed by atoms with Crippen LogP contribution in [-0.2, 0) is 0 Å². The van der Waals surface area contributed by atoms with Crippen LogP contribution in [-0.4, -0.2) is 31.1 Å². The molecule has 5 aromatic rings. The molecule has 0 fully saturated rings. The molecule has 2 aromatic carbocycles. The summed E-state index contributed by atoms with van der Waals surface area (Å²) in [5.74, 6) is -0.537. The summed E-state index contributed by atoms with van der Waals surface area (Å²) in [7, 11) is 0. The topological polar surface area (TPSA) is 93.8 Å². The molecule has 0 saturated carbocycles.